The molecule has 2 aromatic carbocycles. The zero-order valence-electron chi connectivity index (χ0n) is 8.78. The molecule has 2 nitrogen and oxygen atoms in total. The number of halogens is 2. The molecule has 0 aliphatic rings. The van der Waals surface area contributed by atoms with E-state index in [0.29, 0.717) is 10.6 Å². The van der Waals surface area contributed by atoms with Crippen molar-refractivity contribution in [1.29, 1.82) is 0 Å². The summed E-state index contributed by atoms with van der Waals surface area (Å²) in [5.41, 5.74) is 11.7. The van der Waals surface area contributed by atoms with Gasteiger partial charge in [0.1, 0.15) is 5.02 Å². The van der Waals surface area contributed by atoms with Crippen LogP contribution in [0.25, 0.3) is 0 Å². The van der Waals surface area contributed by atoms with Crippen molar-refractivity contribution >= 4 is 34.7 Å². The highest BCUT2D eigenvalue weighted by Gasteiger charge is 2.15. The van der Waals surface area contributed by atoms with Crippen LogP contribution in [0.2, 0.25) is 5.02 Å². The Hall–Kier alpha value is -1.39. The third-order valence-electron chi connectivity index (χ3n) is 2.18. The van der Waals surface area contributed by atoms with Crippen LogP contribution in [0, 0.1) is 5.82 Å². The minimum absolute atomic E-state index is 0.0855. The van der Waals surface area contributed by atoms with Crippen molar-refractivity contribution in [1.82, 2.24) is 0 Å². The third-order valence-corrected chi connectivity index (χ3v) is 3.69. The molecule has 2 aromatic rings. The zero-order chi connectivity index (χ0) is 12.4. The van der Waals surface area contributed by atoms with Crippen LogP contribution >= 0.6 is 23.4 Å². The van der Waals surface area contributed by atoms with Crippen molar-refractivity contribution in [3.63, 3.8) is 0 Å². The Balaban J connectivity index is 2.43. The van der Waals surface area contributed by atoms with Crippen molar-refractivity contribution < 1.29 is 4.39 Å². The molecule has 0 heterocycles. The van der Waals surface area contributed by atoms with Crippen LogP contribution in [-0.4, -0.2) is 0 Å². The second-order valence-electron chi connectivity index (χ2n) is 3.43. The molecule has 0 atom stereocenters. The van der Waals surface area contributed by atoms with Crippen molar-refractivity contribution in [2.24, 2.45) is 0 Å². The molecule has 0 unspecified atom stereocenters. The quantitative estimate of drug-likeness (QED) is 0.815. The number of benzene rings is 2. The summed E-state index contributed by atoms with van der Waals surface area (Å²) in [4.78, 5) is 1.19. The summed E-state index contributed by atoms with van der Waals surface area (Å²) in [5.74, 6) is -0.571. The zero-order valence-corrected chi connectivity index (χ0v) is 10.4. The van der Waals surface area contributed by atoms with Gasteiger partial charge in [-0.1, -0.05) is 41.6 Å². The third kappa shape index (κ3) is 2.48. The standard InChI is InChI=1S/C12H10ClFN2S/c13-10-8(15)6-9(16)12(11(10)14)17-7-4-2-1-3-5-7/h1-6H,15-16H2. The molecular formula is C12H10ClFN2S. The van der Waals surface area contributed by atoms with Gasteiger partial charge in [-0.05, 0) is 18.2 Å². The molecule has 0 aliphatic carbocycles. The Kier molecular flexibility index (Phi) is 3.45. The minimum Gasteiger partial charge on any atom is -0.398 e. The normalized spacial score (nSPS) is 10.5. The summed E-state index contributed by atoms with van der Waals surface area (Å²) < 4.78 is 13.9. The van der Waals surface area contributed by atoms with E-state index in [2.05, 4.69) is 0 Å². The minimum atomic E-state index is -0.571. The lowest BCUT2D eigenvalue weighted by atomic mass is 10.3. The molecule has 0 saturated carbocycles. The van der Waals surface area contributed by atoms with Gasteiger partial charge in [-0.2, -0.15) is 0 Å². The van der Waals surface area contributed by atoms with Gasteiger partial charge >= 0.3 is 0 Å². The average molecular weight is 269 g/mol. The number of hydrogen-bond acceptors (Lipinski definition) is 3. The van der Waals surface area contributed by atoms with Crippen LogP contribution in [-0.2, 0) is 0 Å². The van der Waals surface area contributed by atoms with Gasteiger partial charge in [-0.25, -0.2) is 4.39 Å². The fraction of sp³-hybridized carbons (Fsp3) is 0. The molecule has 0 fully saturated rings. The van der Waals surface area contributed by atoms with Gasteiger partial charge < -0.3 is 11.5 Å². The summed E-state index contributed by atoms with van der Waals surface area (Å²) in [7, 11) is 0. The predicted molar refractivity (Wildman–Crippen MR) is 70.8 cm³/mol. The van der Waals surface area contributed by atoms with E-state index in [9.17, 15) is 4.39 Å². The van der Waals surface area contributed by atoms with E-state index < -0.39 is 5.82 Å². The van der Waals surface area contributed by atoms with Gasteiger partial charge in [-0.3, -0.25) is 0 Å². The number of rotatable bonds is 2. The molecule has 17 heavy (non-hydrogen) atoms. The Morgan fingerprint density at radius 2 is 1.71 bits per heavy atom. The highest BCUT2D eigenvalue weighted by atomic mass is 35.5. The van der Waals surface area contributed by atoms with Crippen LogP contribution in [0.5, 0.6) is 0 Å². The first-order valence-corrected chi connectivity index (χ1v) is 6.05. The summed E-state index contributed by atoms with van der Waals surface area (Å²) in [6.07, 6.45) is 0. The summed E-state index contributed by atoms with van der Waals surface area (Å²) >= 11 is 6.98. The fourth-order valence-electron chi connectivity index (χ4n) is 1.36. The lowest BCUT2D eigenvalue weighted by Crippen LogP contribution is -1.97. The van der Waals surface area contributed by atoms with Gasteiger partial charge in [0.25, 0.3) is 0 Å². The van der Waals surface area contributed by atoms with Gasteiger partial charge in [0.2, 0.25) is 0 Å². The monoisotopic (exact) mass is 268 g/mol. The molecule has 0 radical (unpaired) electrons. The summed E-state index contributed by atoms with van der Waals surface area (Å²) in [6, 6.07) is 10.8. The van der Waals surface area contributed by atoms with Gasteiger partial charge in [0, 0.05) is 4.90 Å². The fourth-order valence-corrected chi connectivity index (χ4v) is 2.46. The maximum Gasteiger partial charge on any atom is 0.159 e. The number of hydrogen-bond donors (Lipinski definition) is 2. The van der Waals surface area contributed by atoms with E-state index in [1.165, 1.54) is 17.8 Å². The molecule has 0 spiro atoms. The molecule has 0 saturated heterocycles. The second-order valence-corrected chi connectivity index (χ2v) is 4.89. The SMILES string of the molecule is Nc1cc(N)c(Sc2ccccc2)c(F)c1Cl. The average Bonchev–Trinajstić information content (AvgIpc) is 2.33. The van der Waals surface area contributed by atoms with E-state index >= 15 is 0 Å². The molecular weight excluding hydrogens is 259 g/mol. The first kappa shape index (κ1) is 12.1. The smallest absolute Gasteiger partial charge is 0.159 e. The van der Waals surface area contributed by atoms with E-state index in [4.69, 9.17) is 23.1 Å². The number of nitrogen functional groups attached to an aromatic ring is 2. The van der Waals surface area contributed by atoms with Crippen LogP contribution < -0.4 is 11.5 Å². The molecule has 2 rings (SSSR count). The summed E-state index contributed by atoms with van der Waals surface area (Å²) in [5, 5.41) is -0.0855. The van der Waals surface area contributed by atoms with E-state index in [1.54, 1.807) is 0 Å². The van der Waals surface area contributed by atoms with Crippen LogP contribution in [0.15, 0.2) is 46.2 Å². The van der Waals surface area contributed by atoms with Crippen LogP contribution in [0.3, 0.4) is 0 Å². The van der Waals surface area contributed by atoms with Crippen molar-refractivity contribution in [3.05, 3.63) is 47.2 Å². The maximum absolute atomic E-state index is 13.9. The molecule has 5 heteroatoms. The Morgan fingerprint density at radius 3 is 2.35 bits per heavy atom. The van der Waals surface area contributed by atoms with Gasteiger partial charge in [0.15, 0.2) is 5.82 Å². The molecule has 4 N–H and O–H groups in total. The maximum atomic E-state index is 13.9. The Morgan fingerprint density at radius 1 is 1.06 bits per heavy atom. The van der Waals surface area contributed by atoms with E-state index in [1.807, 2.05) is 30.3 Å². The predicted octanol–water partition coefficient (Wildman–Crippen LogP) is 3.79. The molecule has 0 aliphatic heterocycles. The van der Waals surface area contributed by atoms with Gasteiger partial charge in [0.05, 0.1) is 16.3 Å². The number of anilines is 2. The van der Waals surface area contributed by atoms with E-state index in [-0.39, 0.29) is 10.7 Å². The first-order chi connectivity index (χ1) is 8.09. The summed E-state index contributed by atoms with van der Waals surface area (Å²) in [6.45, 7) is 0. The van der Waals surface area contributed by atoms with Crippen molar-refractivity contribution in [2.75, 3.05) is 11.5 Å². The van der Waals surface area contributed by atoms with Gasteiger partial charge in [-0.15, -0.1) is 0 Å². The largest absolute Gasteiger partial charge is 0.398 e. The highest BCUT2D eigenvalue weighted by molar-refractivity contribution is 7.99. The highest BCUT2D eigenvalue weighted by Crippen LogP contribution is 2.39. The lowest BCUT2D eigenvalue weighted by Gasteiger charge is -2.10. The van der Waals surface area contributed by atoms with Crippen molar-refractivity contribution in [2.45, 2.75) is 9.79 Å². The molecule has 88 valence electrons. The lowest BCUT2D eigenvalue weighted by molar-refractivity contribution is 0.604. The molecule has 0 bridgehead atoms. The topological polar surface area (TPSA) is 52.0 Å². The van der Waals surface area contributed by atoms with Crippen LogP contribution in [0.4, 0.5) is 15.8 Å². The molecule has 0 aromatic heterocycles. The number of nitrogens with two attached hydrogens (primary N) is 2. The Bertz CT molecular complexity index is 546. The molecule has 0 amide bonds. The first-order valence-electron chi connectivity index (χ1n) is 4.85. The van der Waals surface area contributed by atoms with Crippen LogP contribution in [0.1, 0.15) is 0 Å². The van der Waals surface area contributed by atoms with E-state index in [0.717, 1.165) is 4.90 Å². The van der Waals surface area contributed by atoms with Crippen molar-refractivity contribution in [3.8, 4) is 0 Å². The Labute approximate surface area is 108 Å². The second kappa shape index (κ2) is 4.85.